The molecule has 0 aliphatic rings. The van der Waals surface area contributed by atoms with Gasteiger partial charge in [-0.3, -0.25) is 9.59 Å². The quantitative estimate of drug-likeness (QED) is 0.488. The van der Waals surface area contributed by atoms with Crippen LogP contribution in [0.4, 0.5) is 0 Å². The van der Waals surface area contributed by atoms with Gasteiger partial charge in [0.1, 0.15) is 0 Å². The van der Waals surface area contributed by atoms with Crippen molar-refractivity contribution in [2.45, 2.75) is 27.7 Å². The Morgan fingerprint density at radius 1 is 0.846 bits per heavy atom. The predicted octanol–water partition coefficient (Wildman–Crippen LogP) is 1.86. The van der Waals surface area contributed by atoms with Crippen LogP contribution >= 0.6 is 0 Å². The Kier molecular flexibility index (Phi) is 93.4. The SMILES string of the molecule is CC(=O)O.CC(=O)O.[CH2-]C.[CH2-]C.[Ti+2]. The van der Waals surface area contributed by atoms with E-state index in [1.807, 2.05) is 0 Å². The molecule has 0 aliphatic carbocycles. The van der Waals surface area contributed by atoms with Crippen molar-refractivity contribution in [3.63, 3.8) is 0 Å². The maximum absolute atomic E-state index is 9.00. The van der Waals surface area contributed by atoms with Crippen LogP contribution in [0.2, 0.25) is 0 Å². The van der Waals surface area contributed by atoms with Gasteiger partial charge in [0.25, 0.3) is 11.9 Å². The van der Waals surface area contributed by atoms with Gasteiger partial charge in [0.05, 0.1) is 0 Å². The summed E-state index contributed by atoms with van der Waals surface area (Å²) in [4.78, 5) is 18.0. The third-order valence-electron chi connectivity index (χ3n) is 0. The molecule has 0 aromatic carbocycles. The molecular weight excluding hydrogens is 208 g/mol. The van der Waals surface area contributed by atoms with Crippen LogP contribution in [0.1, 0.15) is 27.7 Å². The van der Waals surface area contributed by atoms with Crippen LogP contribution in [0, 0.1) is 13.8 Å². The van der Waals surface area contributed by atoms with Crippen LogP contribution in [0.5, 0.6) is 0 Å². The number of hydrogen-bond acceptors (Lipinski definition) is 2. The van der Waals surface area contributed by atoms with Gasteiger partial charge in [0.15, 0.2) is 0 Å². The molecule has 0 rings (SSSR count). The van der Waals surface area contributed by atoms with E-state index >= 15 is 0 Å². The standard InChI is InChI=1S/2C2H4O2.2C2H5.Ti/c2*1-2(3)4;2*1-2;/h2*1H3,(H,3,4);2*1H2,2H3;/q;;2*-1;+2. The zero-order chi connectivity index (χ0) is 11.2. The third kappa shape index (κ3) is 9090. The van der Waals surface area contributed by atoms with E-state index < -0.39 is 11.9 Å². The molecule has 0 spiro atoms. The van der Waals surface area contributed by atoms with Crippen molar-refractivity contribution in [2.24, 2.45) is 0 Å². The average Bonchev–Trinajstić information content (AvgIpc) is 1.93. The average molecular weight is 226 g/mol. The van der Waals surface area contributed by atoms with E-state index in [1.165, 1.54) is 0 Å². The maximum atomic E-state index is 9.00. The van der Waals surface area contributed by atoms with Gasteiger partial charge < -0.3 is 24.1 Å². The fraction of sp³-hybridized carbons (Fsp3) is 0.500. The summed E-state index contributed by atoms with van der Waals surface area (Å²) in [5, 5.41) is 14.8. The van der Waals surface area contributed by atoms with E-state index in [4.69, 9.17) is 19.8 Å². The van der Waals surface area contributed by atoms with E-state index in [0.717, 1.165) is 13.8 Å². The zero-order valence-corrected chi connectivity index (χ0v) is 10.2. The van der Waals surface area contributed by atoms with Gasteiger partial charge in [-0.25, -0.2) is 0 Å². The zero-order valence-electron chi connectivity index (χ0n) is 8.63. The Morgan fingerprint density at radius 2 is 0.846 bits per heavy atom. The molecule has 0 amide bonds. The fourth-order valence-corrected chi connectivity index (χ4v) is 0. The second kappa shape index (κ2) is 41.4. The minimum absolute atomic E-state index is 0. The molecule has 0 aromatic heterocycles. The Balaban J connectivity index is -0.0000000226. The van der Waals surface area contributed by atoms with Gasteiger partial charge >= 0.3 is 21.7 Å². The molecular formula is C8H18O4Ti. The van der Waals surface area contributed by atoms with Gasteiger partial charge in [0.2, 0.25) is 0 Å². The van der Waals surface area contributed by atoms with E-state index in [0.29, 0.717) is 0 Å². The van der Waals surface area contributed by atoms with Crippen molar-refractivity contribution in [2.75, 3.05) is 0 Å². The molecule has 2 N–H and O–H groups in total. The van der Waals surface area contributed by atoms with E-state index in [-0.39, 0.29) is 21.7 Å². The molecule has 78 valence electrons. The van der Waals surface area contributed by atoms with Gasteiger partial charge in [-0.05, 0) is 0 Å². The first-order valence-electron chi connectivity index (χ1n) is 3.27. The van der Waals surface area contributed by atoms with Crippen molar-refractivity contribution < 1.29 is 41.5 Å². The Bertz CT molecular complexity index is 74.1. The minimum atomic E-state index is -0.833. The third-order valence-corrected chi connectivity index (χ3v) is 0. The number of carboxylic acids is 2. The first-order chi connectivity index (χ1) is 5.46. The summed E-state index contributed by atoms with van der Waals surface area (Å²) < 4.78 is 0. The second-order valence-corrected chi connectivity index (χ2v) is 1.04. The normalized spacial score (nSPS) is 4.77. The number of carbonyl (C=O) groups is 2. The van der Waals surface area contributed by atoms with Crippen LogP contribution < -0.4 is 0 Å². The number of rotatable bonds is 0. The maximum Gasteiger partial charge on any atom is 2.00 e. The molecule has 0 aliphatic heterocycles. The van der Waals surface area contributed by atoms with Crippen LogP contribution in [0.3, 0.4) is 0 Å². The molecule has 0 saturated carbocycles. The van der Waals surface area contributed by atoms with E-state index in [9.17, 15) is 0 Å². The summed E-state index contributed by atoms with van der Waals surface area (Å²) in [6.45, 7) is 12.2. The monoisotopic (exact) mass is 226 g/mol. The molecule has 0 aromatic rings. The molecule has 0 fully saturated rings. The second-order valence-electron chi connectivity index (χ2n) is 1.04. The molecule has 5 heteroatoms. The smallest absolute Gasteiger partial charge is 0.481 e. The van der Waals surface area contributed by atoms with Crippen LogP contribution in [-0.2, 0) is 31.3 Å². The van der Waals surface area contributed by atoms with Crippen LogP contribution in [-0.4, -0.2) is 22.2 Å². The molecule has 4 nitrogen and oxygen atoms in total. The fourth-order valence-electron chi connectivity index (χ4n) is 0. The summed E-state index contributed by atoms with van der Waals surface area (Å²) in [7, 11) is 0. The minimum Gasteiger partial charge on any atom is -0.481 e. The largest absolute Gasteiger partial charge is 2.00 e. The summed E-state index contributed by atoms with van der Waals surface area (Å²) in [6, 6.07) is 0. The molecule has 0 radical (unpaired) electrons. The number of hydrogen-bond donors (Lipinski definition) is 2. The van der Waals surface area contributed by atoms with Crippen molar-refractivity contribution >= 4 is 11.9 Å². The summed E-state index contributed by atoms with van der Waals surface area (Å²) in [6.07, 6.45) is 0. The van der Waals surface area contributed by atoms with Gasteiger partial charge in [-0.1, -0.05) is 0 Å². The van der Waals surface area contributed by atoms with Crippen molar-refractivity contribution in [1.82, 2.24) is 0 Å². The molecule has 0 saturated heterocycles. The Labute approximate surface area is 95.2 Å². The Hall–Kier alpha value is -0.346. The first-order valence-corrected chi connectivity index (χ1v) is 3.27. The van der Waals surface area contributed by atoms with E-state index in [2.05, 4.69) is 13.8 Å². The topological polar surface area (TPSA) is 74.6 Å². The van der Waals surface area contributed by atoms with Gasteiger partial charge in [-0.2, -0.15) is 13.8 Å². The summed E-state index contributed by atoms with van der Waals surface area (Å²) in [5.74, 6) is -1.67. The summed E-state index contributed by atoms with van der Waals surface area (Å²) in [5.41, 5.74) is 0. The van der Waals surface area contributed by atoms with Gasteiger partial charge in [0, 0.05) is 13.8 Å². The van der Waals surface area contributed by atoms with Crippen molar-refractivity contribution in [1.29, 1.82) is 0 Å². The molecule has 0 heterocycles. The number of carboxylic acid groups (broad SMARTS) is 2. The summed E-state index contributed by atoms with van der Waals surface area (Å²) >= 11 is 0. The Morgan fingerprint density at radius 3 is 0.846 bits per heavy atom. The van der Waals surface area contributed by atoms with Crippen molar-refractivity contribution in [3.05, 3.63) is 13.8 Å². The number of aliphatic carboxylic acids is 2. The molecule has 0 unspecified atom stereocenters. The van der Waals surface area contributed by atoms with Crippen LogP contribution in [0.15, 0.2) is 0 Å². The predicted molar refractivity (Wildman–Crippen MR) is 48.7 cm³/mol. The van der Waals surface area contributed by atoms with E-state index in [1.54, 1.807) is 13.8 Å². The molecule has 0 atom stereocenters. The molecule has 0 bridgehead atoms. The first kappa shape index (κ1) is 29.3. The molecule has 13 heavy (non-hydrogen) atoms. The van der Waals surface area contributed by atoms with Gasteiger partial charge in [-0.15, -0.1) is 0 Å². The van der Waals surface area contributed by atoms with Crippen molar-refractivity contribution in [3.8, 4) is 0 Å². The van der Waals surface area contributed by atoms with Crippen LogP contribution in [0.25, 0.3) is 0 Å².